The molecule has 0 unspecified atom stereocenters. The Morgan fingerprint density at radius 1 is 1.00 bits per heavy atom. The average molecular weight is 438 g/mol. The number of fused-ring (bicyclic) bond motifs is 1. The minimum atomic E-state index is 0.0759. The fraction of sp³-hybridized carbons (Fsp3) is 0.222. The molecule has 0 bridgehead atoms. The number of hydrogen-bond donors (Lipinski definition) is 1. The molecule has 3 aromatic heterocycles. The molecule has 0 saturated carbocycles. The van der Waals surface area contributed by atoms with E-state index in [4.69, 9.17) is 4.42 Å². The van der Waals surface area contributed by atoms with Gasteiger partial charge in [-0.25, -0.2) is 9.97 Å². The zero-order valence-corrected chi connectivity index (χ0v) is 19.3. The third kappa shape index (κ3) is 4.24. The van der Waals surface area contributed by atoms with Crippen LogP contribution < -0.4 is 5.32 Å². The molecular weight excluding hydrogens is 410 g/mol. The van der Waals surface area contributed by atoms with E-state index < -0.39 is 0 Å². The van der Waals surface area contributed by atoms with Crippen molar-refractivity contribution in [1.82, 2.24) is 19.7 Å². The number of nitrogens with zero attached hydrogens (tertiary/aromatic N) is 4. The number of aryl methyl sites for hydroxylation is 3. The fourth-order valence-electron chi connectivity index (χ4n) is 4.08. The minimum absolute atomic E-state index is 0.0759. The van der Waals surface area contributed by atoms with Gasteiger partial charge in [-0.3, -0.25) is 4.68 Å². The maximum Gasteiger partial charge on any atom is 0.134 e. The van der Waals surface area contributed by atoms with Crippen LogP contribution in [0.1, 0.15) is 36.8 Å². The summed E-state index contributed by atoms with van der Waals surface area (Å²) in [4.78, 5) is 9.31. The van der Waals surface area contributed by atoms with E-state index in [0.717, 1.165) is 57.1 Å². The van der Waals surface area contributed by atoms with Crippen molar-refractivity contribution in [2.75, 3.05) is 5.32 Å². The normalized spacial score (nSPS) is 12.2. The van der Waals surface area contributed by atoms with Crippen molar-refractivity contribution in [3.8, 4) is 22.4 Å². The second-order valence-corrected chi connectivity index (χ2v) is 8.39. The molecule has 1 atom stereocenters. The molecule has 6 nitrogen and oxygen atoms in total. The van der Waals surface area contributed by atoms with Crippen LogP contribution in [0.25, 0.3) is 33.4 Å². The molecule has 0 radical (unpaired) electrons. The van der Waals surface area contributed by atoms with E-state index in [0.29, 0.717) is 0 Å². The topological polar surface area (TPSA) is 68.8 Å². The summed E-state index contributed by atoms with van der Waals surface area (Å²) in [5.74, 6) is 1.53. The number of benzene rings is 2. The predicted octanol–water partition coefficient (Wildman–Crippen LogP) is 6.56. The molecule has 1 N–H and O–H groups in total. The number of nitrogens with one attached hydrogen (secondary N) is 1. The highest BCUT2D eigenvalue weighted by Gasteiger charge is 2.12. The fourth-order valence-corrected chi connectivity index (χ4v) is 4.08. The first kappa shape index (κ1) is 20.9. The van der Waals surface area contributed by atoms with E-state index in [9.17, 15) is 0 Å². The van der Waals surface area contributed by atoms with Crippen LogP contribution in [0.3, 0.4) is 0 Å². The lowest BCUT2D eigenvalue weighted by Gasteiger charge is -2.17. The lowest BCUT2D eigenvalue weighted by Crippen LogP contribution is -2.09. The average Bonchev–Trinajstić information content (AvgIpc) is 3.45. The van der Waals surface area contributed by atoms with E-state index in [1.54, 1.807) is 6.26 Å². The Bertz CT molecular complexity index is 1430. The second kappa shape index (κ2) is 8.54. The van der Waals surface area contributed by atoms with Crippen LogP contribution in [0.15, 0.2) is 71.6 Å². The van der Waals surface area contributed by atoms with Crippen LogP contribution in [0.2, 0.25) is 0 Å². The molecule has 6 heteroatoms. The SMILES string of the molecule is CCn1cc(-c2cccc([C@H](C)Nc3cc(-c4ccc5occ(C)c5c4)nc(C)n3)c2)cn1. The molecule has 0 aliphatic heterocycles. The lowest BCUT2D eigenvalue weighted by molar-refractivity contribution is 0.613. The summed E-state index contributed by atoms with van der Waals surface area (Å²) >= 11 is 0. The smallest absolute Gasteiger partial charge is 0.134 e. The molecule has 0 spiro atoms. The quantitative estimate of drug-likeness (QED) is 0.326. The summed E-state index contributed by atoms with van der Waals surface area (Å²) in [6, 6.07) is 16.8. The molecule has 3 heterocycles. The first-order valence-electron chi connectivity index (χ1n) is 11.2. The maximum absolute atomic E-state index is 5.59. The van der Waals surface area contributed by atoms with Crippen LogP contribution in [0, 0.1) is 13.8 Å². The van der Waals surface area contributed by atoms with Gasteiger partial charge in [0.25, 0.3) is 0 Å². The Morgan fingerprint density at radius 2 is 1.88 bits per heavy atom. The number of aromatic nitrogens is 4. The van der Waals surface area contributed by atoms with Gasteiger partial charge in [0.15, 0.2) is 0 Å². The number of furan rings is 1. The molecule has 0 aliphatic rings. The summed E-state index contributed by atoms with van der Waals surface area (Å²) in [5.41, 5.74) is 7.40. The minimum Gasteiger partial charge on any atom is -0.464 e. The van der Waals surface area contributed by atoms with E-state index in [1.165, 1.54) is 5.56 Å². The molecule has 33 heavy (non-hydrogen) atoms. The Balaban J connectivity index is 1.41. The molecule has 2 aromatic carbocycles. The van der Waals surface area contributed by atoms with Crippen molar-refractivity contribution in [3.05, 3.63) is 84.1 Å². The molecule has 0 amide bonds. The summed E-state index contributed by atoms with van der Waals surface area (Å²) in [7, 11) is 0. The van der Waals surface area contributed by atoms with Crippen LogP contribution in [0.4, 0.5) is 5.82 Å². The molecule has 0 aliphatic carbocycles. The lowest BCUT2D eigenvalue weighted by atomic mass is 10.0. The van der Waals surface area contributed by atoms with Gasteiger partial charge in [0, 0.05) is 41.4 Å². The summed E-state index contributed by atoms with van der Waals surface area (Å²) in [5, 5.41) is 9.06. The van der Waals surface area contributed by atoms with Crippen molar-refractivity contribution in [2.24, 2.45) is 0 Å². The number of rotatable bonds is 6. The predicted molar refractivity (Wildman–Crippen MR) is 132 cm³/mol. The molecule has 5 aromatic rings. The first-order chi connectivity index (χ1) is 16.0. The van der Waals surface area contributed by atoms with E-state index in [2.05, 4.69) is 77.7 Å². The first-order valence-corrected chi connectivity index (χ1v) is 11.2. The van der Waals surface area contributed by atoms with Crippen molar-refractivity contribution < 1.29 is 4.42 Å². The molecule has 166 valence electrons. The van der Waals surface area contributed by atoms with Gasteiger partial charge in [0.2, 0.25) is 0 Å². The van der Waals surface area contributed by atoms with Gasteiger partial charge in [0.05, 0.1) is 18.2 Å². The van der Waals surface area contributed by atoms with Crippen molar-refractivity contribution >= 4 is 16.8 Å². The maximum atomic E-state index is 5.59. The highest BCUT2D eigenvalue weighted by atomic mass is 16.3. The third-order valence-corrected chi connectivity index (χ3v) is 5.94. The third-order valence-electron chi connectivity index (χ3n) is 5.94. The summed E-state index contributed by atoms with van der Waals surface area (Å²) in [6.45, 7) is 9.07. The zero-order chi connectivity index (χ0) is 22.9. The highest BCUT2D eigenvalue weighted by molar-refractivity contribution is 5.85. The van der Waals surface area contributed by atoms with Crippen LogP contribution >= 0.6 is 0 Å². The zero-order valence-electron chi connectivity index (χ0n) is 19.3. The summed E-state index contributed by atoms with van der Waals surface area (Å²) in [6.07, 6.45) is 5.78. The van der Waals surface area contributed by atoms with Crippen molar-refractivity contribution in [2.45, 2.75) is 40.3 Å². The van der Waals surface area contributed by atoms with Crippen LogP contribution in [-0.2, 0) is 6.54 Å². The van der Waals surface area contributed by atoms with Gasteiger partial charge in [-0.2, -0.15) is 5.10 Å². The largest absolute Gasteiger partial charge is 0.464 e. The Hall–Kier alpha value is -3.93. The molecular formula is C27H27N5O. The van der Waals surface area contributed by atoms with Crippen LogP contribution in [0.5, 0.6) is 0 Å². The van der Waals surface area contributed by atoms with Crippen molar-refractivity contribution in [1.29, 1.82) is 0 Å². The monoisotopic (exact) mass is 437 g/mol. The van der Waals surface area contributed by atoms with Gasteiger partial charge >= 0.3 is 0 Å². The van der Waals surface area contributed by atoms with E-state index in [1.807, 2.05) is 36.0 Å². The Kier molecular flexibility index (Phi) is 5.42. The molecule has 5 rings (SSSR count). The van der Waals surface area contributed by atoms with E-state index in [-0.39, 0.29) is 6.04 Å². The van der Waals surface area contributed by atoms with Crippen LogP contribution in [-0.4, -0.2) is 19.7 Å². The summed E-state index contributed by atoms with van der Waals surface area (Å²) < 4.78 is 7.53. The second-order valence-electron chi connectivity index (χ2n) is 8.39. The standard InChI is InChI=1S/C27H27N5O/c1-5-32-15-23(14-28-32)21-8-6-7-20(11-21)18(3)29-27-13-25(30-19(4)31-27)22-9-10-26-24(12-22)17(2)16-33-26/h6-16,18H,5H2,1-4H3,(H,29,30,31)/t18-/m0/s1. The Morgan fingerprint density at radius 3 is 2.70 bits per heavy atom. The number of hydrogen-bond acceptors (Lipinski definition) is 5. The molecule has 0 saturated heterocycles. The highest BCUT2D eigenvalue weighted by Crippen LogP contribution is 2.29. The van der Waals surface area contributed by atoms with Gasteiger partial charge in [-0.1, -0.05) is 18.2 Å². The molecule has 0 fully saturated rings. The van der Waals surface area contributed by atoms with Gasteiger partial charge in [-0.05, 0) is 68.7 Å². The number of anilines is 1. The van der Waals surface area contributed by atoms with E-state index >= 15 is 0 Å². The van der Waals surface area contributed by atoms with Gasteiger partial charge < -0.3 is 9.73 Å². The van der Waals surface area contributed by atoms with Crippen molar-refractivity contribution in [3.63, 3.8) is 0 Å². The van der Waals surface area contributed by atoms with Gasteiger partial charge in [-0.15, -0.1) is 0 Å². The van der Waals surface area contributed by atoms with Gasteiger partial charge in [0.1, 0.15) is 17.2 Å². The Labute approximate surface area is 193 Å².